The molecule has 1 rings (SSSR count). The Morgan fingerprint density at radius 3 is 2.89 bits per heavy atom. The van der Waals surface area contributed by atoms with Gasteiger partial charge >= 0.3 is 6.09 Å². The first kappa shape index (κ1) is 14.5. The van der Waals surface area contributed by atoms with E-state index in [1.807, 2.05) is 32.9 Å². The first-order chi connectivity index (χ1) is 8.44. The first-order valence-corrected chi connectivity index (χ1v) is 6.25. The molecule has 0 saturated carbocycles. The van der Waals surface area contributed by atoms with Crippen LogP contribution in [0.1, 0.15) is 33.6 Å². The summed E-state index contributed by atoms with van der Waals surface area (Å²) in [5, 5.41) is 0. The monoisotopic (exact) mass is 250 g/mol. The standard InChI is InChI=1S/C14H22N2O2/c1-5-6-7-8-9-12-15-10-11-16(12)13(17)18-14(2,3)4/h5-7H,1,8-11H2,2-4H3/b7-6+. The summed E-state index contributed by atoms with van der Waals surface area (Å²) in [4.78, 5) is 17.9. The highest BCUT2D eigenvalue weighted by Crippen LogP contribution is 2.14. The van der Waals surface area contributed by atoms with Crippen molar-refractivity contribution in [2.75, 3.05) is 13.1 Å². The Kier molecular flexibility index (Phi) is 5.13. The van der Waals surface area contributed by atoms with Crippen LogP contribution < -0.4 is 0 Å². The van der Waals surface area contributed by atoms with Crippen molar-refractivity contribution in [1.29, 1.82) is 0 Å². The number of amides is 1. The number of ether oxygens (including phenoxy) is 1. The maximum absolute atomic E-state index is 11.9. The van der Waals surface area contributed by atoms with Crippen molar-refractivity contribution in [3.05, 3.63) is 24.8 Å². The van der Waals surface area contributed by atoms with Gasteiger partial charge in [-0.15, -0.1) is 0 Å². The van der Waals surface area contributed by atoms with E-state index < -0.39 is 5.60 Å². The van der Waals surface area contributed by atoms with Gasteiger partial charge in [0.15, 0.2) is 0 Å². The summed E-state index contributed by atoms with van der Waals surface area (Å²) >= 11 is 0. The molecule has 0 aliphatic carbocycles. The van der Waals surface area contributed by atoms with Crippen LogP contribution in [0.3, 0.4) is 0 Å². The lowest BCUT2D eigenvalue weighted by molar-refractivity contribution is 0.0381. The van der Waals surface area contributed by atoms with E-state index in [2.05, 4.69) is 11.6 Å². The summed E-state index contributed by atoms with van der Waals surface area (Å²) in [5.41, 5.74) is -0.465. The molecule has 4 nitrogen and oxygen atoms in total. The summed E-state index contributed by atoms with van der Waals surface area (Å²) in [6.45, 7) is 10.5. The minimum atomic E-state index is -0.465. The number of allylic oxidation sites excluding steroid dienone is 3. The Balaban J connectivity index is 2.51. The molecule has 1 aliphatic rings. The van der Waals surface area contributed by atoms with Gasteiger partial charge in [0.2, 0.25) is 0 Å². The van der Waals surface area contributed by atoms with Crippen LogP contribution in [0.4, 0.5) is 4.79 Å². The van der Waals surface area contributed by atoms with Crippen molar-refractivity contribution in [3.63, 3.8) is 0 Å². The zero-order valence-corrected chi connectivity index (χ0v) is 11.5. The van der Waals surface area contributed by atoms with E-state index in [9.17, 15) is 4.79 Å². The quantitative estimate of drug-likeness (QED) is 0.719. The van der Waals surface area contributed by atoms with Crippen molar-refractivity contribution >= 4 is 11.9 Å². The van der Waals surface area contributed by atoms with Crippen LogP contribution in [0.15, 0.2) is 29.8 Å². The van der Waals surface area contributed by atoms with Crippen LogP contribution in [-0.4, -0.2) is 35.5 Å². The molecular weight excluding hydrogens is 228 g/mol. The number of aliphatic imine (C=N–C) groups is 1. The minimum absolute atomic E-state index is 0.300. The zero-order valence-electron chi connectivity index (χ0n) is 11.5. The van der Waals surface area contributed by atoms with Crippen molar-refractivity contribution in [2.24, 2.45) is 4.99 Å². The van der Waals surface area contributed by atoms with Crippen LogP contribution in [0, 0.1) is 0 Å². The summed E-state index contributed by atoms with van der Waals surface area (Å²) in [7, 11) is 0. The van der Waals surface area contributed by atoms with Crippen molar-refractivity contribution in [2.45, 2.75) is 39.2 Å². The van der Waals surface area contributed by atoms with Gasteiger partial charge in [0.25, 0.3) is 0 Å². The molecule has 1 heterocycles. The second kappa shape index (κ2) is 6.38. The van der Waals surface area contributed by atoms with E-state index in [0.717, 1.165) is 18.7 Å². The Labute approximate surface area is 109 Å². The van der Waals surface area contributed by atoms with Crippen LogP contribution >= 0.6 is 0 Å². The maximum Gasteiger partial charge on any atom is 0.415 e. The number of rotatable bonds is 4. The normalized spacial score (nSPS) is 15.9. The van der Waals surface area contributed by atoms with Gasteiger partial charge in [-0.1, -0.05) is 24.8 Å². The van der Waals surface area contributed by atoms with E-state index in [1.165, 1.54) is 0 Å². The van der Waals surface area contributed by atoms with Crippen LogP contribution in [-0.2, 0) is 4.74 Å². The molecule has 0 fully saturated rings. The van der Waals surface area contributed by atoms with Gasteiger partial charge < -0.3 is 4.74 Å². The third kappa shape index (κ3) is 4.73. The Morgan fingerprint density at radius 2 is 2.28 bits per heavy atom. The van der Waals surface area contributed by atoms with Gasteiger partial charge in [0, 0.05) is 6.42 Å². The van der Waals surface area contributed by atoms with Gasteiger partial charge in [0.1, 0.15) is 11.4 Å². The SMILES string of the molecule is C=C/C=C/CCC1=NCCN1C(=O)OC(C)(C)C. The molecule has 1 aliphatic heterocycles. The summed E-state index contributed by atoms with van der Waals surface area (Å²) in [5.74, 6) is 0.818. The highest BCUT2D eigenvalue weighted by atomic mass is 16.6. The number of nitrogens with zero attached hydrogens (tertiary/aromatic N) is 2. The number of hydrogen-bond donors (Lipinski definition) is 0. The Bertz CT molecular complexity index is 364. The third-order valence-electron chi connectivity index (χ3n) is 2.35. The molecule has 0 radical (unpaired) electrons. The van der Waals surface area contributed by atoms with Crippen LogP contribution in [0.2, 0.25) is 0 Å². The predicted octanol–water partition coefficient (Wildman–Crippen LogP) is 3.16. The van der Waals surface area contributed by atoms with E-state index in [0.29, 0.717) is 13.1 Å². The third-order valence-corrected chi connectivity index (χ3v) is 2.35. The highest BCUT2D eigenvalue weighted by Gasteiger charge is 2.27. The molecule has 0 aromatic heterocycles. The second-order valence-electron chi connectivity index (χ2n) is 5.13. The smallest absolute Gasteiger partial charge is 0.415 e. The predicted molar refractivity (Wildman–Crippen MR) is 73.8 cm³/mol. The Hall–Kier alpha value is -1.58. The molecule has 0 unspecified atom stereocenters. The van der Waals surface area contributed by atoms with E-state index in [4.69, 9.17) is 4.74 Å². The van der Waals surface area contributed by atoms with Gasteiger partial charge in [-0.05, 0) is 27.2 Å². The van der Waals surface area contributed by atoms with Crippen molar-refractivity contribution < 1.29 is 9.53 Å². The number of amidine groups is 1. The number of carbonyl (C=O) groups excluding carboxylic acids is 1. The summed E-state index contributed by atoms with van der Waals surface area (Å²) in [6.07, 6.45) is 6.95. The lowest BCUT2D eigenvalue weighted by Gasteiger charge is -2.25. The van der Waals surface area contributed by atoms with Crippen molar-refractivity contribution in [1.82, 2.24) is 4.90 Å². The minimum Gasteiger partial charge on any atom is -0.443 e. The molecule has 100 valence electrons. The summed E-state index contributed by atoms with van der Waals surface area (Å²) < 4.78 is 5.35. The molecule has 0 saturated heterocycles. The molecule has 0 bridgehead atoms. The van der Waals surface area contributed by atoms with Crippen LogP contribution in [0.5, 0.6) is 0 Å². The highest BCUT2D eigenvalue weighted by molar-refractivity contribution is 5.96. The fraction of sp³-hybridized carbons (Fsp3) is 0.571. The molecule has 0 N–H and O–H groups in total. The Morgan fingerprint density at radius 1 is 1.56 bits per heavy atom. The van der Waals surface area contributed by atoms with Gasteiger partial charge in [-0.2, -0.15) is 0 Å². The first-order valence-electron chi connectivity index (χ1n) is 6.25. The van der Waals surface area contributed by atoms with E-state index in [-0.39, 0.29) is 6.09 Å². The molecular formula is C14H22N2O2. The lowest BCUT2D eigenvalue weighted by Crippen LogP contribution is -2.38. The molecule has 1 amide bonds. The number of carbonyl (C=O) groups is 1. The average Bonchev–Trinajstić information content (AvgIpc) is 2.70. The van der Waals surface area contributed by atoms with Gasteiger partial charge in [0.05, 0.1) is 13.1 Å². The number of hydrogen-bond acceptors (Lipinski definition) is 3. The zero-order chi connectivity index (χ0) is 13.6. The fourth-order valence-corrected chi connectivity index (χ4v) is 1.63. The largest absolute Gasteiger partial charge is 0.443 e. The summed E-state index contributed by atoms with van der Waals surface area (Å²) in [6, 6.07) is 0. The topological polar surface area (TPSA) is 41.9 Å². The van der Waals surface area contributed by atoms with E-state index >= 15 is 0 Å². The maximum atomic E-state index is 11.9. The molecule has 0 aromatic carbocycles. The van der Waals surface area contributed by atoms with Crippen LogP contribution in [0.25, 0.3) is 0 Å². The molecule has 4 heteroatoms. The van der Waals surface area contributed by atoms with Gasteiger partial charge in [-0.3, -0.25) is 9.89 Å². The molecule has 0 spiro atoms. The van der Waals surface area contributed by atoms with Crippen molar-refractivity contribution in [3.8, 4) is 0 Å². The molecule has 18 heavy (non-hydrogen) atoms. The average molecular weight is 250 g/mol. The second-order valence-corrected chi connectivity index (χ2v) is 5.13. The molecule has 0 atom stereocenters. The van der Waals surface area contributed by atoms with Gasteiger partial charge in [-0.25, -0.2) is 4.79 Å². The molecule has 0 aromatic rings. The fourth-order valence-electron chi connectivity index (χ4n) is 1.63. The van der Waals surface area contributed by atoms with E-state index in [1.54, 1.807) is 11.0 Å². The lowest BCUT2D eigenvalue weighted by atomic mass is 10.2.